The number of aryl methyl sites for hydroxylation is 1. The molecule has 7 heteroatoms. The summed E-state index contributed by atoms with van der Waals surface area (Å²) in [6, 6.07) is 8.51. The van der Waals surface area contributed by atoms with Crippen LogP contribution in [0.5, 0.6) is 0 Å². The summed E-state index contributed by atoms with van der Waals surface area (Å²) in [6.07, 6.45) is 4.61. The van der Waals surface area contributed by atoms with Gasteiger partial charge in [-0.05, 0) is 30.9 Å². The van der Waals surface area contributed by atoms with Crippen LogP contribution in [0.3, 0.4) is 0 Å². The van der Waals surface area contributed by atoms with Gasteiger partial charge in [0.05, 0.1) is 6.54 Å². The summed E-state index contributed by atoms with van der Waals surface area (Å²) in [7, 11) is 1.81. The highest BCUT2D eigenvalue weighted by Crippen LogP contribution is 2.49. The normalized spacial score (nSPS) is 18.1. The maximum absolute atomic E-state index is 4.35. The molecule has 0 amide bonds. The largest absolute Gasteiger partial charge is 0.356 e. The molecule has 1 fully saturated rings. The molecule has 0 saturated heterocycles. The fourth-order valence-corrected chi connectivity index (χ4v) is 4.27. The van der Waals surface area contributed by atoms with Crippen LogP contribution in [0.1, 0.15) is 36.5 Å². The maximum atomic E-state index is 4.35. The molecule has 1 aliphatic heterocycles. The fraction of sp³-hybridized carbons (Fsp3) is 0.500. The van der Waals surface area contributed by atoms with Crippen LogP contribution in [-0.4, -0.2) is 34.3 Å². The number of rotatable bonds is 5. The molecule has 1 aromatic heterocycles. The van der Waals surface area contributed by atoms with Crippen molar-refractivity contribution in [3.8, 4) is 0 Å². The van der Waals surface area contributed by atoms with Gasteiger partial charge in [-0.25, -0.2) is 0 Å². The molecule has 4 rings (SSSR count). The van der Waals surface area contributed by atoms with E-state index in [4.69, 9.17) is 0 Å². The lowest BCUT2D eigenvalue weighted by Gasteiger charge is -2.20. The highest BCUT2D eigenvalue weighted by atomic mass is 79.9. The number of hydrogen-bond acceptors (Lipinski definition) is 3. The Balaban J connectivity index is 1.36. The minimum atomic E-state index is 0.216. The number of aromatic nitrogens is 3. The molecule has 2 aromatic rings. The first kappa shape index (κ1) is 16.6. The summed E-state index contributed by atoms with van der Waals surface area (Å²) in [4.78, 5) is 4.35. The molecule has 132 valence electrons. The van der Waals surface area contributed by atoms with Crippen molar-refractivity contribution in [1.82, 2.24) is 25.4 Å². The summed E-state index contributed by atoms with van der Waals surface area (Å²) in [5.41, 5.74) is 1.60. The van der Waals surface area contributed by atoms with Crippen LogP contribution in [0.4, 0.5) is 0 Å². The van der Waals surface area contributed by atoms with E-state index in [-0.39, 0.29) is 5.41 Å². The van der Waals surface area contributed by atoms with Gasteiger partial charge in [0.15, 0.2) is 11.8 Å². The van der Waals surface area contributed by atoms with E-state index in [9.17, 15) is 0 Å². The molecular formula is C18H23BrN6. The predicted molar refractivity (Wildman–Crippen MR) is 102 cm³/mol. The molecular weight excluding hydrogens is 380 g/mol. The quantitative estimate of drug-likeness (QED) is 0.594. The Labute approximate surface area is 156 Å². The van der Waals surface area contributed by atoms with Gasteiger partial charge in [0, 0.05) is 36.4 Å². The van der Waals surface area contributed by atoms with E-state index >= 15 is 0 Å². The highest BCUT2D eigenvalue weighted by molar-refractivity contribution is 9.10. The Bertz CT molecular complexity index is 793. The highest BCUT2D eigenvalue weighted by Gasteiger charge is 2.45. The third kappa shape index (κ3) is 3.29. The molecule has 0 spiro atoms. The molecule has 1 aromatic carbocycles. The van der Waals surface area contributed by atoms with E-state index in [1.165, 1.54) is 29.3 Å². The molecule has 1 saturated carbocycles. The Morgan fingerprint density at radius 3 is 2.88 bits per heavy atom. The summed E-state index contributed by atoms with van der Waals surface area (Å²) >= 11 is 3.69. The second kappa shape index (κ2) is 6.78. The van der Waals surface area contributed by atoms with Gasteiger partial charge < -0.3 is 15.2 Å². The van der Waals surface area contributed by atoms with Gasteiger partial charge >= 0.3 is 0 Å². The van der Waals surface area contributed by atoms with Crippen LogP contribution in [0, 0.1) is 0 Å². The number of hydrogen-bond donors (Lipinski definition) is 2. The van der Waals surface area contributed by atoms with Crippen molar-refractivity contribution < 1.29 is 0 Å². The molecule has 6 nitrogen and oxygen atoms in total. The van der Waals surface area contributed by atoms with Gasteiger partial charge in [-0.15, -0.1) is 10.2 Å². The first-order valence-corrected chi connectivity index (χ1v) is 9.62. The van der Waals surface area contributed by atoms with E-state index in [2.05, 4.69) is 70.6 Å². The van der Waals surface area contributed by atoms with E-state index in [1.54, 1.807) is 0 Å². The van der Waals surface area contributed by atoms with E-state index in [0.29, 0.717) is 6.54 Å². The van der Waals surface area contributed by atoms with Gasteiger partial charge in [0.25, 0.3) is 0 Å². The van der Waals surface area contributed by atoms with Gasteiger partial charge in [0.2, 0.25) is 0 Å². The molecule has 25 heavy (non-hydrogen) atoms. The van der Waals surface area contributed by atoms with Crippen molar-refractivity contribution in [1.29, 1.82) is 0 Å². The minimum absolute atomic E-state index is 0.216. The SMILES string of the molecule is CN=C(NCc1nnc2n1CCC2)NCC1(c2ccccc2Br)CC1. The summed E-state index contributed by atoms with van der Waals surface area (Å²) < 4.78 is 3.40. The van der Waals surface area contributed by atoms with Crippen molar-refractivity contribution in [3.05, 3.63) is 46.0 Å². The number of guanidine groups is 1. The first-order valence-electron chi connectivity index (χ1n) is 8.82. The van der Waals surface area contributed by atoms with Crippen LogP contribution < -0.4 is 10.6 Å². The zero-order chi connectivity index (χ0) is 17.3. The Hall–Kier alpha value is -1.89. The number of nitrogens with one attached hydrogen (secondary N) is 2. The molecule has 0 radical (unpaired) electrons. The fourth-order valence-electron chi connectivity index (χ4n) is 3.56. The molecule has 0 bridgehead atoms. The third-order valence-corrected chi connectivity index (χ3v) is 5.91. The van der Waals surface area contributed by atoms with Gasteiger partial charge in [0.1, 0.15) is 5.82 Å². The summed E-state index contributed by atoms with van der Waals surface area (Å²) in [5.74, 6) is 2.90. The summed E-state index contributed by atoms with van der Waals surface area (Å²) in [6.45, 7) is 2.55. The van der Waals surface area contributed by atoms with Crippen LogP contribution in [0.25, 0.3) is 0 Å². The topological polar surface area (TPSA) is 67.1 Å². The van der Waals surface area contributed by atoms with Crippen LogP contribution in [0.15, 0.2) is 33.7 Å². The van der Waals surface area contributed by atoms with Crippen molar-refractivity contribution in [2.24, 2.45) is 4.99 Å². The van der Waals surface area contributed by atoms with Crippen molar-refractivity contribution in [2.75, 3.05) is 13.6 Å². The van der Waals surface area contributed by atoms with Crippen LogP contribution >= 0.6 is 15.9 Å². The smallest absolute Gasteiger partial charge is 0.191 e. The lowest BCUT2D eigenvalue weighted by Crippen LogP contribution is -2.41. The average molecular weight is 403 g/mol. The predicted octanol–water partition coefficient (Wildman–Crippen LogP) is 2.38. The van der Waals surface area contributed by atoms with Crippen LogP contribution in [-0.2, 0) is 24.9 Å². The number of nitrogens with zero attached hydrogens (tertiary/aromatic N) is 4. The van der Waals surface area contributed by atoms with Crippen LogP contribution in [0.2, 0.25) is 0 Å². The summed E-state index contributed by atoms with van der Waals surface area (Å²) in [5, 5.41) is 15.4. The number of benzene rings is 1. The Morgan fingerprint density at radius 1 is 1.28 bits per heavy atom. The molecule has 2 N–H and O–H groups in total. The molecule has 1 aliphatic carbocycles. The van der Waals surface area contributed by atoms with Crippen molar-refractivity contribution in [3.63, 3.8) is 0 Å². The van der Waals surface area contributed by atoms with E-state index < -0.39 is 0 Å². The van der Waals surface area contributed by atoms with E-state index in [0.717, 1.165) is 37.1 Å². The molecule has 2 heterocycles. The van der Waals surface area contributed by atoms with Gasteiger partial charge in [-0.1, -0.05) is 34.1 Å². The number of fused-ring (bicyclic) bond motifs is 1. The number of halogens is 1. The maximum Gasteiger partial charge on any atom is 0.191 e. The molecule has 2 aliphatic rings. The lowest BCUT2D eigenvalue weighted by molar-refractivity contribution is 0.630. The van der Waals surface area contributed by atoms with Gasteiger partial charge in [-0.2, -0.15) is 0 Å². The van der Waals surface area contributed by atoms with E-state index in [1.807, 2.05) is 7.05 Å². The minimum Gasteiger partial charge on any atom is -0.356 e. The molecule has 0 unspecified atom stereocenters. The Kier molecular flexibility index (Phi) is 4.50. The van der Waals surface area contributed by atoms with Crippen molar-refractivity contribution >= 4 is 21.9 Å². The van der Waals surface area contributed by atoms with Crippen molar-refractivity contribution in [2.45, 2.75) is 44.2 Å². The van der Waals surface area contributed by atoms with Gasteiger partial charge in [-0.3, -0.25) is 4.99 Å². The zero-order valence-corrected chi connectivity index (χ0v) is 16.0. The second-order valence-electron chi connectivity index (χ2n) is 6.83. The first-order chi connectivity index (χ1) is 12.2. The average Bonchev–Trinajstić information content (AvgIpc) is 3.09. The lowest BCUT2D eigenvalue weighted by atomic mass is 9.96. The molecule has 0 atom stereocenters. The third-order valence-electron chi connectivity index (χ3n) is 5.22. The standard InChI is InChI=1S/C18H23BrN6/c1-20-17(21-11-16-24-23-15-7-4-10-25(15)16)22-12-18(8-9-18)13-5-2-3-6-14(13)19/h2-3,5-6H,4,7-12H2,1H3,(H2,20,21,22). The Morgan fingerprint density at radius 2 is 2.12 bits per heavy atom. The number of aliphatic imine (C=N–C) groups is 1. The zero-order valence-electron chi connectivity index (χ0n) is 14.4. The monoisotopic (exact) mass is 402 g/mol. The second-order valence-corrected chi connectivity index (χ2v) is 7.68.